The summed E-state index contributed by atoms with van der Waals surface area (Å²) in [4.78, 5) is 0. The van der Waals surface area contributed by atoms with Crippen LogP contribution in [-0.2, 0) is 11.3 Å². The minimum Gasteiger partial charge on any atom is -0.497 e. The number of para-hydroxylation sites is 2. The molecule has 4 heteroatoms. The molecule has 0 N–H and O–H groups in total. The molecule has 0 saturated carbocycles. The molecule has 0 saturated heterocycles. The lowest BCUT2D eigenvalue weighted by molar-refractivity contribution is -0.0259. The molecule has 0 heterocycles. The molecule has 0 aliphatic rings. The molecule has 0 spiro atoms. The zero-order valence-electron chi connectivity index (χ0n) is 16.5. The minimum absolute atomic E-state index is 0.196. The highest BCUT2D eigenvalue weighted by Crippen LogP contribution is 2.33. The van der Waals surface area contributed by atoms with Gasteiger partial charge in [0.05, 0.1) is 26.9 Å². The van der Waals surface area contributed by atoms with Crippen molar-refractivity contribution < 1.29 is 18.9 Å². The van der Waals surface area contributed by atoms with Crippen molar-refractivity contribution in [3.63, 3.8) is 0 Å². The highest BCUT2D eigenvalue weighted by Gasteiger charge is 2.25. The maximum atomic E-state index is 6.30. The van der Waals surface area contributed by atoms with Crippen LogP contribution in [0, 0.1) is 0 Å². The molecular formula is C24H26O4. The van der Waals surface area contributed by atoms with E-state index < -0.39 is 0 Å². The van der Waals surface area contributed by atoms with Gasteiger partial charge in [-0.2, -0.15) is 0 Å². The molecule has 0 bridgehead atoms. The predicted octanol–water partition coefficient (Wildman–Crippen LogP) is 5.43. The third kappa shape index (κ3) is 5.05. The zero-order valence-corrected chi connectivity index (χ0v) is 16.5. The van der Waals surface area contributed by atoms with Gasteiger partial charge >= 0.3 is 0 Å². The number of rotatable bonds is 9. The maximum absolute atomic E-state index is 6.30. The fraction of sp³-hybridized carbons (Fsp3) is 0.250. The highest BCUT2D eigenvalue weighted by atomic mass is 16.5. The van der Waals surface area contributed by atoms with Crippen LogP contribution in [0.4, 0.5) is 0 Å². The molecule has 0 aliphatic heterocycles. The number of methoxy groups -OCH3 is 2. The fourth-order valence-corrected chi connectivity index (χ4v) is 3.00. The van der Waals surface area contributed by atoms with E-state index in [2.05, 4.69) is 0 Å². The first-order valence-electron chi connectivity index (χ1n) is 9.30. The van der Waals surface area contributed by atoms with Crippen LogP contribution in [0.1, 0.15) is 24.2 Å². The Kier molecular flexibility index (Phi) is 6.93. The van der Waals surface area contributed by atoms with E-state index in [1.807, 2.05) is 85.8 Å². The Morgan fingerprint density at radius 1 is 0.714 bits per heavy atom. The second kappa shape index (κ2) is 9.81. The molecule has 146 valence electrons. The lowest BCUT2D eigenvalue weighted by atomic mass is 10.0. The summed E-state index contributed by atoms with van der Waals surface area (Å²) >= 11 is 0. The van der Waals surface area contributed by atoms with Gasteiger partial charge in [0, 0.05) is 5.56 Å². The van der Waals surface area contributed by atoms with Gasteiger partial charge in [0.2, 0.25) is 0 Å². The van der Waals surface area contributed by atoms with Gasteiger partial charge in [0.25, 0.3) is 0 Å². The summed E-state index contributed by atoms with van der Waals surface area (Å²) in [6.45, 7) is 2.50. The molecule has 3 aromatic rings. The second-order valence-electron chi connectivity index (χ2n) is 6.46. The van der Waals surface area contributed by atoms with Crippen LogP contribution >= 0.6 is 0 Å². The molecule has 0 aromatic heterocycles. The molecule has 3 rings (SSSR count). The largest absolute Gasteiger partial charge is 0.497 e. The third-order valence-corrected chi connectivity index (χ3v) is 4.55. The van der Waals surface area contributed by atoms with Crippen LogP contribution in [0.3, 0.4) is 0 Å². The maximum Gasteiger partial charge on any atom is 0.153 e. The topological polar surface area (TPSA) is 36.9 Å². The molecule has 28 heavy (non-hydrogen) atoms. The van der Waals surface area contributed by atoms with E-state index in [9.17, 15) is 0 Å². The Hall–Kier alpha value is -2.98. The van der Waals surface area contributed by atoms with Crippen LogP contribution < -0.4 is 14.2 Å². The van der Waals surface area contributed by atoms with Crippen molar-refractivity contribution in [2.45, 2.75) is 25.7 Å². The van der Waals surface area contributed by atoms with Crippen LogP contribution in [0.5, 0.6) is 17.2 Å². The molecule has 0 radical (unpaired) electrons. The molecule has 0 fully saturated rings. The Morgan fingerprint density at radius 3 is 2.07 bits per heavy atom. The van der Waals surface area contributed by atoms with Crippen LogP contribution in [-0.4, -0.2) is 20.3 Å². The first kappa shape index (κ1) is 19.8. The van der Waals surface area contributed by atoms with Crippen molar-refractivity contribution in [2.75, 3.05) is 14.2 Å². The van der Waals surface area contributed by atoms with E-state index in [0.717, 1.165) is 28.4 Å². The summed E-state index contributed by atoms with van der Waals surface area (Å²) in [5.74, 6) is 2.40. The fourth-order valence-electron chi connectivity index (χ4n) is 3.00. The molecule has 3 aromatic carbocycles. The quantitative estimate of drug-likeness (QED) is 0.498. The van der Waals surface area contributed by atoms with Gasteiger partial charge in [-0.15, -0.1) is 0 Å². The first-order valence-corrected chi connectivity index (χ1v) is 9.30. The summed E-state index contributed by atoms with van der Waals surface area (Å²) in [6, 6.07) is 25.5. The molecule has 2 atom stereocenters. The smallest absolute Gasteiger partial charge is 0.153 e. The summed E-state index contributed by atoms with van der Waals surface area (Å²) in [5, 5.41) is 0. The van der Waals surface area contributed by atoms with Crippen molar-refractivity contribution >= 4 is 0 Å². The van der Waals surface area contributed by atoms with E-state index in [-0.39, 0.29) is 12.2 Å². The van der Waals surface area contributed by atoms with Gasteiger partial charge in [-0.25, -0.2) is 0 Å². The molecule has 0 unspecified atom stereocenters. The Labute approximate surface area is 166 Å². The standard InChI is InChI=1S/C24H26O4/c1-18(27-17-19-13-15-20(25-2)16-14-19)24(28-21-9-5-4-6-10-21)22-11-7-8-12-23(22)26-3/h4-16,18,24H,17H2,1-3H3/t18-,24-/m0/s1. The van der Waals surface area contributed by atoms with Crippen molar-refractivity contribution in [2.24, 2.45) is 0 Å². The third-order valence-electron chi connectivity index (χ3n) is 4.55. The van der Waals surface area contributed by atoms with Gasteiger partial charge in [0.15, 0.2) is 6.10 Å². The van der Waals surface area contributed by atoms with Gasteiger partial charge in [0.1, 0.15) is 17.2 Å². The summed E-state index contributed by atoms with van der Waals surface area (Å²) in [7, 11) is 3.33. The molecule has 4 nitrogen and oxygen atoms in total. The number of ether oxygens (including phenoxy) is 4. The van der Waals surface area contributed by atoms with Gasteiger partial charge in [-0.3, -0.25) is 0 Å². The molecular weight excluding hydrogens is 352 g/mol. The van der Waals surface area contributed by atoms with E-state index in [1.54, 1.807) is 14.2 Å². The molecule has 0 aliphatic carbocycles. The van der Waals surface area contributed by atoms with E-state index in [4.69, 9.17) is 18.9 Å². The van der Waals surface area contributed by atoms with Crippen molar-refractivity contribution in [3.05, 3.63) is 90.0 Å². The monoisotopic (exact) mass is 378 g/mol. The van der Waals surface area contributed by atoms with Gasteiger partial charge in [-0.1, -0.05) is 48.5 Å². The highest BCUT2D eigenvalue weighted by molar-refractivity contribution is 5.37. The molecule has 0 amide bonds. The first-order chi connectivity index (χ1) is 13.7. The SMILES string of the molecule is COc1ccc(CO[C@@H](C)[C@H](Oc2ccccc2)c2ccccc2OC)cc1. The van der Waals surface area contributed by atoms with Gasteiger partial charge < -0.3 is 18.9 Å². The average Bonchev–Trinajstić information content (AvgIpc) is 2.77. The summed E-state index contributed by atoms with van der Waals surface area (Å²) < 4.78 is 23.2. The summed E-state index contributed by atoms with van der Waals surface area (Å²) in [5.41, 5.74) is 2.03. The Balaban J connectivity index is 1.78. The second-order valence-corrected chi connectivity index (χ2v) is 6.46. The number of hydrogen-bond donors (Lipinski definition) is 0. The normalized spacial score (nSPS) is 12.8. The minimum atomic E-state index is -0.309. The summed E-state index contributed by atoms with van der Waals surface area (Å²) in [6.07, 6.45) is -0.504. The van der Waals surface area contributed by atoms with Crippen LogP contribution in [0.25, 0.3) is 0 Å². The van der Waals surface area contributed by atoms with Crippen molar-refractivity contribution in [1.82, 2.24) is 0 Å². The number of benzene rings is 3. The van der Waals surface area contributed by atoms with Crippen LogP contribution in [0.2, 0.25) is 0 Å². The predicted molar refractivity (Wildman–Crippen MR) is 110 cm³/mol. The van der Waals surface area contributed by atoms with E-state index >= 15 is 0 Å². The lowest BCUT2D eigenvalue weighted by Gasteiger charge is -2.27. The van der Waals surface area contributed by atoms with Crippen LogP contribution in [0.15, 0.2) is 78.9 Å². The van der Waals surface area contributed by atoms with E-state index in [1.165, 1.54) is 0 Å². The average molecular weight is 378 g/mol. The number of hydrogen-bond acceptors (Lipinski definition) is 4. The Morgan fingerprint density at radius 2 is 1.39 bits per heavy atom. The van der Waals surface area contributed by atoms with E-state index in [0.29, 0.717) is 6.61 Å². The zero-order chi connectivity index (χ0) is 19.8. The van der Waals surface area contributed by atoms with Crippen molar-refractivity contribution in [3.8, 4) is 17.2 Å². The van der Waals surface area contributed by atoms with Crippen molar-refractivity contribution in [1.29, 1.82) is 0 Å². The van der Waals surface area contributed by atoms with Gasteiger partial charge in [-0.05, 0) is 42.8 Å². The lowest BCUT2D eigenvalue weighted by Crippen LogP contribution is -2.24. The Bertz CT molecular complexity index is 846.